The molecule has 3 rings (SSSR count). The molecule has 2 aromatic heterocycles. The number of nitrogens with one attached hydrogen (secondary N) is 1. The highest BCUT2D eigenvalue weighted by Crippen LogP contribution is 2.18. The second kappa shape index (κ2) is 9.35. The van der Waals surface area contributed by atoms with Gasteiger partial charge in [-0.3, -0.25) is 9.20 Å². The van der Waals surface area contributed by atoms with Crippen LogP contribution in [0.25, 0.3) is 11.7 Å². The molecule has 0 aliphatic heterocycles. The third-order valence-corrected chi connectivity index (χ3v) is 4.50. The van der Waals surface area contributed by atoms with Crippen LogP contribution in [-0.4, -0.2) is 40.3 Å². The lowest BCUT2D eigenvalue weighted by Gasteiger charge is -2.16. The van der Waals surface area contributed by atoms with Crippen molar-refractivity contribution in [2.45, 2.75) is 13.0 Å². The minimum absolute atomic E-state index is 0.136. The molecular formula is C21H23ClN4O. The van der Waals surface area contributed by atoms with Crippen molar-refractivity contribution in [2.24, 2.45) is 0 Å². The molecule has 0 spiro atoms. The number of rotatable bonds is 8. The fourth-order valence-electron chi connectivity index (χ4n) is 2.88. The van der Waals surface area contributed by atoms with Crippen LogP contribution in [0.3, 0.4) is 0 Å². The summed E-state index contributed by atoms with van der Waals surface area (Å²) >= 11 is 6.16. The van der Waals surface area contributed by atoms with E-state index in [9.17, 15) is 4.79 Å². The molecule has 5 nitrogen and oxygen atoms in total. The molecule has 0 fully saturated rings. The molecule has 27 heavy (non-hydrogen) atoms. The lowest BCUT2D eigenvalue weighted by atomic mass is 10.2. The number of pyridine rings is 1. The maximum Gasteiger partial charge on any atom is 0.244 e. The summed E-state index contributed by atoms with van der Waals surface area (Å²) < 4.78 is 1.85. The Hall–Kier alpha value is -2.63. The first-order valence-electron chi connectivity index (χ1n) is 8.94. The number of benzene rings is 1. The van der Waals surface area contributed by atoms with E-state index < -0.39 is 0 Å². The van der Waals surface area contributed by atoms with Crippen molar-refractivity contribution < 1.29 is 4.79 Å². The van der Waals surface area contributed by atoms with Crippen LogP contribution in [0.15, 0.2) is 60.8 Å². The van der Waals surface area contributed by atoms with Crippen LogP contribution < -0.4 is 5.32 Å². The average molecular weight is 383 g/mol. The van der Waals surface area contributed by atoms with Gasteiger partial charge in [-0.1, -0.05) is 48.0 Å². The zero-order chi connectivity index (χ0) is 19.1. The van der Waals surface area contributed by atoms with Gasteiger partial charge in [-0.05, 0) is 43.8 Å². The van der Waals surface area contributed by atoms with Gasteiger partial charge >= 0.3 is 0 Å². The maximum absolute atomic E-state index is 12.0. The molecule has 1 aromatic carbocycles. The average Bonchev–Trinajstić information content (AvgIpc) is 2.99. The lowest BCUT2D eigenvalue weighted by molar-refractivity contribution is -0.116. The second-order valence-electron chi connectivity index (χ2n) is 6.42. The topological polar surface area (TPSA) is 49.6 Å². The van der Waals surface area contributed by atoms with E-state index >= 15 is 0 Å². The highest BCUT2D eigenvalue weighted by atomic mass is 35.5. The van der Waals surface area contributed by atoms with Crippen molar-refractivity contribution in [3.8, 4) is 0 Å². The summed E-state index contributed by atoms with van der Waals surface area (Å²) in [5, 5.41) is 3.29. The van der Waals surface area contributed by atoms with Gasteiger partial charge in [0.05, 0.1) is 5.69 Å². The minimum atomic E-state index is -0.136. The quantitative estimate of drug-likeness (QED) is 0.478. The molecule has 0 aliphatic carbocycles. The van der Waals surface area contributed by atoms with Crippen LogP contribution in [0.1, 0.15) is 17.7 Å². The summed E-state index contributed by atoms with van der Waals surface area (Å²) in [7, 11) is 2.08. The third kappa shape index (κ3) is 5.42. The zero-order valence-corrected chi connectivity index (χ0v) is 16.1. The van der Waals surface area contributed by atoms with Gasteiger partial charge in [-0.25, -0.2) is 4.98 Å². The highest BCUT2D eigenvalue weighted by Gasteiger charge is 2.07. The number of nitrogens with zero attached hydrogens (tertiary/aromatic N) is 3. The number of halogens is 1. The highest BCUT2D eigenvalue weighted by molar-refractivity contribution is 6.31. The largest absolute Gasteiger partial charge is 0.353 e. The van der Waals surface area contributed by atoms with Crippen LogP contribution in [0.2, 0.25) is 5.15 Å². The molecule has 0 atom stereocenters. The van der Waals surface area contributed by atoms with Gasteiger partial charge in [0.1, 0.15) is 5.65 Å². The predicted molar refractivity (Wildman–Crippen MR) is 110 cm³/mol. The van der Waals surface area contributed by atoms with Gasteiger partial charge in [-0.15, -0.1) is 0 Å². The summed E-state index contributed by atoms with van der Waals surface area (Å²) in [4.78, 5) is 18.5. The van der Waals surface area contributed by atoms with Crippen molar-refractivity contribution in [1.29, 1.82) is 0 Å². The van der Waals surface area contributed by atoms with Crippen LogP contribution in [0.4, 0.5) is 0 Å². The molecule has 1 amide bonds. The van der Waals surface area contributed by atoms with Crippen LogP contribution in [0.5, 0.6) is 0 Å². The smallest absolute Gasteiger partial charge is 0.244 e. The molecule has 0 bridgehead atoms. The Labute approximate surface area is 164 Å². The molecule has 2 heterocycles. The molecule has 1 N–H and O–H groups in total. The number of fused-ring (bicyclic) bond motifs is 1. The molecule has 0 saturated carbocycles. The molecule has 0 unspecified atom stereocenters. The van der Waals surface area contributed by atoms with Crippen LogP contribution >= 0.6 is 11.6 Å². The fourth-order valence-corrected chi connectivity index (χ4v) is 3.12. The van der Waals surface area contributed by atoms with Gasteiger partial charge < -0.3 is 10.2 Å². The normalized spacial score (nSPS) is 11.5. The monoisotopic (exact) mass is 382 g/mol. The molecule has 6 heteroatoms. The zero-order valence-electron chi connectivity index (χ0n) is 15.3. The number of carbonyl (C=O) groups is 1. The summed E-state index contributed by atoms with van der Waals surface area (Å²) in [5.74, 6) is -0.136. The number of imidazole rings is 1. The third-order valence-electron chi connectivity index (χ3n) is 4.23. The Bertz CT molecular complexity index is 920. The molecule has 0 radical (unpaired) electrons. The van der Waals surface area contributed by atoms with Crippen LogP contribution in [0, 0.1) is 0 Å². The summed E-state index contributed by atoms with van der Waals surface area (Å²) in [6.07, 6.45) is 5.95. The van der Waals surface area contributed by atoms with Crippen LogP contribution in [-0.2, 0) is 11.3 Å². The van der Waals surface area contributed by atoms with Crippen molar-refractivity contribution in [3.63, 3.8) is 0 Å². The van der Waals surface area contributed by atoms with E-state index in [2.05, 4.69) is 34.4 Å². The Morgan fingerprint density at radius 1 is 1.22 bits per heavy atom. The molecule has 0 saturated heterocycles. The Morgan fingerprint density at radius 2 is 2.00 bits per heavy atom. The van der Waals surface area contributed by atoms with E-state index in [1.165, 1.54) is 11.6 Å². The Balaban J connectivity index is 1.43. The van der Waals surface area contributed by atoms with E-state index in [1.807, 2.05) is 47.0 Å². The van der Waals surface area contributed by atoms with E-state index in [0.717, 1.165) is 25.2 Å². The second-order valence-corrected chi connectivity index (χ2v) is 6.78. The summed E-state index contributed by atoms with van der Waals surface area (Å²) in [5.41, 5.74) is 2.74. The molecular weight excluding hydrogens is 360 g/mol. The molecule has 3 aromatic rings. The summed E-state index contributed by atoms with van der Waals surface area (Å²) in [6, 6.07) is 16.0. The first-order chi connectivity index (χ1) is 13.1. The number of amides is 1. The molecule has 0 aliphatic rings. The van der Waals surface area contributed by atoms with Gasteiger partial charge in [0.25, 0.3) is 0 Å². The lowest BCUT2D eigenvalue weighted by Crippen LogP contribution is -2.26. The summed E-state index contributed by atoms with van der Waals surface area (Å²) in [6.45, 7) is 2.45. The van der Waals surface area contributed by atoms with Crippen molar-refractivity contribution in [2.75, 3.05) is 20.1 Å². The van der Waals surface area contributed by atoms with Gasteiger partial charge in [0.2, 0.25) is 5.91 Å². The fraction of sp³-hybridized carbons (Fsp3) is 0.238. The number of aromatic nitrogens is 2. The van der Waals surface area contributed by atoms with E-state index in [-0.39, 0.29) is 5.91 Å². The van der Waals surface area contributed by atoms with Crippen molar-refractivity contribution >= 4 is 29.2 Å². The van der Waals surface area contributed by atoms with E-state index in [4.69, 9.17) is 11.6 Å². The predicted octanol–water partition coefficient (Wildman–Crippen LogP) is 3.64. The van der Waals surface area contributed by atoms with Gasteiger partial charge in [-0.2, -0.15) is 0 Å². The van der Waals surface area contributed by atoms with E-state index in [1.54, 1.807) is 6.08 Å². The molecule has 140 valence electrons. The van der Waals surface area contributed by atoms with Crippen molar-refractivity contribution in [1.82, 2.24) is 19.6 Å². The first-order valence-corrected chi connectivity index (χ1v) is 9.32. The number of hydrogen-bond acceptors (Lipinski definition) is 3. The number of carbonyl (C=O) groups excluding carboxylic acids is 1. The SMILES string of the molecule is CN(CCCNC(=O)/C=C/c1c(Cl)nc2ccccn12)Cc1ccccc1. The Morgan fingerprint density at radius 3 is 2.81 bits per heavy atom. The van der Waals surface area contributed by atoms with Gasteiger partial charge in [0.15, 0.2) is 5.15 Å². The standard InChI is InChI=1S/C21H23ClN4O/c1-25(16-17-8-3-2-4-9-17)14-7-13-23-20(27)12-11-18-21(22)24-19-10-5-6-15-26(18)19/h2-6,8-12,15H,7,13-14,16H2,1H3,(H,23,27)/b12-11+. The van der Waals surface area contributed by atoms with Gasteiger partial charge in [0, 0.05) is 25.4 Å². The minimum Gasteiger partial charge on any atom is -0.353 e. The van der Waals surface area contributed by atoms with Crippen molar-refractivity contribution in [3.05, 3.63) is 77.2 Å². The Kier molecular flexibility index (Phi) is 6.63. The van der Waals surface area contributed by atoms with E-state index in [0.29, 0.717) is 17.4 Å². The first kappa shape index (κ1) is 19.1. The maximum atomic E-state index is 12.0. The number of hydrogen-bond donors (Lipinski definition) is 1.